The van der Waals surface area contributed by atoms with E-state index in [0.717, 1.165) is 30.4 Å². The Kier molecular flexibility index (Phi) is 4.06. The van der Waals surface area contributed by atoms with E-state index in [9.17, 15) is 5.26 Å². The Labute approximate surface area is 142 Å². The maximum Gasteiger partial charge on any atom is 0.138 e. The fraction of sp³-hybridized carbons (Fsp3) is 0.286. The van der Waals surface area contributed by atoms with Gasteiger partial charge in [-0.1, -0.05) is 42.5 Å². The van der Waals surface area contributed by atoms with Gasteiger partial charge in [-0.25, -0.2) is 0 Å². The van der Waals surface area contributed by atoms with Gasteiger partial charge in [0.15, 0.2) is 0 Å². The minimum Gasteiger partial charge on any atom is -0.488 e. The van der Waals surface area contributed by atoms with Crippen LogP contribution in [0.3, 0.4) is 0 Å². The van der Waals surface area contributed by atoms with Gasteiger partial charge in [0.05, 0.1) is 17.8 Å². The van der Waals surface area contributed by atoms with E-state index in [2.05, 4.69) is 12.1 Å². The van der Waals surface area contributed by atoms with Crippen molar-refractivity contribution in [3.8, 4) is 11.8 Å². The Morgan fingerprint density at radius 1 is 1.12 bits per heavy atom. The van der Waals surface area contributed by atoms with Gasteiger partial charge >= 0.3 is 0 Å². The molecular weight excluding hydrogens is 298 g/mol. The van der Waals surface area contributed by atoms with Crippen LogP contribution in [-0.2, 0) is 11.3 Å². The van der Waals surface area contributed by atoms with Crippen LogP contribution in [0.1, 0.15) is 36.0 Å². The summed E-state index contributed by atoms with van der Waals surface area (Å²) in [4.78, 5) is 0. The van der Waals surface area contributed by atoms with Crippen molar-refractivity contribution < 1.29 is 9.47 Å². The minimum atomic E-state index is 0.253. The molecule has 2 aliphatic heterocycles. The van der Waals surface area contributed by atoms with Crippen LogP contribution < -0.4 is 4.74 Å². The average Bonchev–Trinajstić information content (AvgIpc) is 2.98. The third-order valence-electron chi connectivity index (χ3n) is 4.69. The maximum absolute atomic E-state index is 9.35. The number of nitrogens with zero attached hydrogens (tertiary/aromatic N) is 1. The van der Waals surface area contributed by atoms with Crippen molar-refractivity contribution in [3.63, 3.8) is 0 Å². The lowest BCUT2D eigenvalue weighted by Crippen LogP contribution is -2.15. The van der Waals surface area contributed by atoms with Gasteiger partial charge in [0.2, 0.25) is 0 Å². The molecule has 2 bridgehead atoms. The molecule has 2 atom stereocenters. The van der Waals surface area contributed by atoms with E-state index in [1.165, 1.54) is 5.57 Å². The van der Waals surface area contributed by atoms with E-state index in [1.54, 1.807) is 0 Å². The topological polar surface area (TPSA) is 42.2 Å². The molecule has 1 saturated heterocycles. The highest BCUT2D eigenvalue weighted by Gasteiger charge is 2.30. The number of ether oxygens (including phenoxy) is 2. The molecule has 2 aromatic carbocycles. The molecule has 0 N–H and O–H groups in total. The largest absolute Gasteiger partial charge is 0.488 e. The predicted molar refractivity (Wildman–Crippen MR) is 92.4 cm³/mol. The molecule has 3 heteroatoms. The first-order chi connectivity index (χ1) is 11.8. The van der Waals surface area contributed by atoms with Crippen LogP contribution in [0.4, 0.5) is 0 Å². The Balaban J connectivity index is 1.58. The second kappa shape index (κ2) is 6.51. The highest BCUT2D eigenvalue weighted by Crippen LogP contribution is 2.37. The van der Waals surface area contributed by atoms with Gasteiger partial charge in [-0.3, -0.25) is 0 Å². The molecule has 2 unspecified atom stereocenters. The molecule has 0 amide bonds. The molecule has 2 aliphatic rings. The second-order valence-corrected chi connectivity index (χ2v) is 6.37. The summed E-state index contributed by atoms with van der Waals surface area (Å²) in [7, 11) is 0. The molecule has 0 radical (unpaired) electrons. The van der Waals surface area contributed by atoms with Gasteiger partial charge in [0.25, 0.3) is 0 Å². The minimum absolute atomic E-state index is 0.253. The van der Waals surface area contributed by atoms with Crippen molar-refractivity contribution in [1.29, 1.82) is 5.26 Å². The molecule has 0 saturated carbocycles. The molecule has 3 nitrogen and oxygen atoms in total. The molecule has 120 valence electrons. The van der Waals surface area contributed by atoms with Gasteiger partial charge in [-0.05, 0) is 48.1 Å². The number of benzene rings is 2. The Hall–Kier alpha value is -2.57. The second-order valence-electron chi connectivity index (χ2n) is 6.37. The van der Waals surface area contributed by atoms with Crippen molar-refractivity contribution in [2.75, 3.05) is 0 Å². The quantitative estimate of drug-likeness (QED) is 0.835. The molecule has 2 heterocycles. The molecule has 0 aliphatic carbocycles. The SMILES string of the molecule is N#Cc1ccc(C2=CC3CCC(C2)O3)cc1OCc1ccccc1. The molecule has 0 spiro atoms. The van der Waals surface area contributed by atoms with Crippen LogP contribution >= 0.6 is 0 Å². The fourth-order valence-corrected chi connectivity index (χ4v) is 3.43. The molecule has 24 heavy (non-hydrogen) atoms. The van der Waals surface area contributed by atoms with Gasteiger partial charge in [0.1, 0.15) is 18.4 Å². The monoisotopic (exact) mass is 317 g/mol. The zero-order valence-corrected chi connectivity index (χ0v) is 13.4. The Bertz CT molecular complexity index is 804. The third-order valence-corrected chi connectivity index (χ3v) is 4.69. The predicted octanol–water partition coefficient (Wildman–Crippen LogP) is 4.47. The zero-order chi connectivity index (χ0) is 16.4. The molecule has 4 rings (SSSR count). The van der Waals surface area contributed by atoms with Crippen molar-refractivity contribution in [3.05, 3.63) is 71.3 Å². The summed E-state index contributed by atoms with van der Waals surface area (Å²) in [6, 6.07) is 18.1. The standard InChI is InChI=1S/C21H19NO2/c22-13-17-7-6-16(18-10-19-8-9-20(11-18)24-19)12-21(17)23-14-15-4-2-1-3-5-15/h1-7,10,12,19-20H,8-9,11,14H2. The first kappa shape index (κ1) is 15.0. The third kappa shape index (κ3) is 3.06. The first-order valence-electron chi connectivity index (χ1n) is 8.39. The number of fused-ring (bicyclic) bond motifs is 2. The van der Waals surface area contributed by atoms with Crippen LogP contribution in [0.5, 0.6) is 5.75 Å². The van der Waals surface area contributed by atoms with Crippen molar-refractivity contribution >= 4 is 5.57 Å². The van der Waals surface area contributed by atoms with Gasteiger partial charge in [-0.2, -0.15) is 5.26 Å². The summed E-state index contributed by atoms with van der Waals surface area (Å²) in [5.74, 6) is 0.651. The molecule has 1 fully saturated rings. The highest BCUT2D eigenvalue weighted by molar-refractivity contribution is 5.70. The van der Waals surface area contributed by atoms with Crippen LogP contribution in [0.15, 0.2) is 54.6 Å². The van der Waals surface area contributed by atoms with Crippen LogP contribution in [0.25, 0.3) is 5.57 Å². The van der Waals surface area contributed by atoms with Crippen molar-refractivity contribution in [1.82, 2.24) is 0 Å². The summed E-state index contributed by atoms with van der Waals surface area (Å²) < 4.78 is 11.8. The number of hydrogen-bond acceptors (Lipinski definition) is 3. The number of rotatable bonds is 4. The molecule has 2 aromatic rings. The average molecular weight is 317 g/mol. The first-order valence-corrected chi connectivity index (χ1v) is 8.39. The van der Waals surface area contributed by atoms with Gasteiger partial charge in [0, 0.05) is 0 Å². The Morgan fingerprint density at radius 3 is 2.79 bits per heavy atom. The highest BCUT2D eigenvalue weighted by atomic mass is 16.5. The summed E-state index contributed by atoms with van der Waals surface area (Å²) in [5.41, 5.74) is 4.11. The lowest BCUT2D eigenvalue weighted by molar-refractivity contribution is 0.0671. The van der Waals surface area contributed by atoms with Crippen molar-refractivity contribution in [2.45, 2.75) is 38.1 Å². The summed E-state index contributed by atoms with van der Waals surface area (Å²) >= 11 is 0. The summed E-state index contributed by atoms with van der Waals surface area (Å²) in [5, 5.41) is 9.35. The molecular formula is C21H19NO2. The molecule has 0 aromatic heterocycles. The van der Waals surface area contributed by atoms with Crippen LogP contribution in [-0.4, -0.2) is 12.2 Å². The van der Waals surface area contributed by atoms with Crippen LogP contribution in [0, 0.1) is 11.3 Å². The fourth-order valence-electron chi connectivity index (χ4n) is 3.43. The summed E-state index contributed by atoms with van der Waals surface area (Å²) in [6.07, 6.45) is 6.02. The zero-order valence-electron chi connectivity index (χ0n) is 13.4. The number of hydrogen-bond donors (Lipinski definition) is 0. The van der Waals surface area contributed by atoms with E-state index in [0.29, 0.717) is 24.0 Å². The maximum atomic E-state index is 9.35. The van der Waals surface area contributed by atoms with E-state index in [4.69, 9.17) is 9.47 Å². The van der Waals surface area contributed by atoms with E-state index in [-0.39, 0.29) is 6.10 Å². The van der Waals surface area contributed by atoms with Gasteiger partial charge < -0.3 is 9.47 Å². The normalized spacial score (nSPS) is 21.9. The van der Waals surface area contributed by atoms with Gasteiger partial charge in [-0.15, -0.1) is 0 Å². The van der Waals surface area contributed by atoms with E-state index in [1.807, 2.05) is 48.5 Å². The summed E-state index contributed by atoms with van der Waals surface area (Å²) in [6.45, 7) is 0.465. The van der Waals surface area contributed by atoms with Crippen molar-refractivity contribution in [2.24, 2.45) is 0 Å². The lowest BCUT2D eigenvalue weighted by atomic mass is 9.97. The van der Waals surface area contributed by atoms with E-state index >= 15 is 0 Å². The Morgan fingerprint density at radius 2 is 2.00 bits per heavy atom. The number of nitriles is 1. The smallest absolute Gasteiger partial charge is 0.138 e. The lowest BCUT2D eigenvalue weighted by Gasteiger charge is -2.21. The van der Waals surface area contributed by atoms with E-state index < -0.39 is 0 Å². The van der Waals surface area contributed by atoms with Crippen LogP contribution in [0.2, 0.25) is 0 Å².